The molecule has 2 aromatic carbocycles. The molecule has 10 nitrogen and oxygen atoms in total. The molecule has 1 saturated heterocycles. The third-order valence-corrected chi connectivity index (χ3v) is 6.18. The Morgan fingerprint density at radius 2 is 1.97 bits per heavy atom. The van der Waals surface area contributed by atoms with Crippen molar-refractivity contribution < 1.29 is 9.47 Å². The Morgan fingerprint density at radius 3 is 2.86 bits per heavy atom. The minimum Gasteiger partial charge on any atom is -0.423 e. The molecule has 182 valence electrons. The molecular weight excluding hydrogens is 480 g/mol. The van der Waals surface area contributed by atoms with Gasteiger partial charge in [0, 0.05) is 25.8 Å². The first-order valence-electron chi connectivity index (χ1n) is 11.6. The molecule has 3 N–H and O–H groups in total. The molecule has 6 rings (SSSR count). The highest BCUT2D eigenvalue weighted by Crippen LogP contribution is 2.30. The summed E-state index contributed by atoms with van der Waals surface area (Å²) in [7, 11) is 0. The molecule has 0 saturated carbocycles. The van der Waals surface area contributed by atoms with E-state index in [1.54, 1.807) is 30.6 Å². The van der Waals surface area contributed by atoms with Crippen LogP contribution in [0.15, 0.2) is 60.9 Å². The second kappa shape index (κ2) is 9.94. The fourth-order valence-corrected chi connectivity index (χ4v) is 4.25. The molecule has 0 unspecified atom stereocenters. The maximum atomic E-state index is 6.18. The average molecular weight is 503 g/mol. The number of fused-ring (bicyclic) bond motifs is 1. The van der Waals surface area contributed by atoms with Gasteiger partial charge in [0.1, 0.15) is 17.3 Å². The summed E-state index contributed by atoms with van der Waals surface area (Å²) in [6.45, 7) is 4.35. The van der Waals surface area contributed by atoms with Crippen LogP contribution in [0.1, 0.15) is 5.56 Å². The number of H-pyrrole nitrogens is 2. The fraction of sp³-hybridized carbons (Fsp3) is 0.200. The number of nitrogens with zero attached hydrogens (tertiary/aromatic N) is 5. The van der Waals surface area contributed by atoms with Gasteiger partial charge in [0.15, 0.2) is 5.82 Å². The smallest absolute Gasteiger partial charge is 0.323 e. The molecule has 0 amide bonds. The van der Waals surface area contributed by atoms with Crippen molar-refractivity contribution in [3.8, 4) is 23.3 Å². The number of imidazole rings is 1. The number of rotatable bonds is 7. The Bertz CT molecular complexity index is 1490. The third kappa shape index (κ3) is 4.87. The van der Waals surface area contributed by atoms with Crippen LogP contribution in [-0.2, 0) is 11.3 Å². The van der Waals surface area contributed by atoms with Gasteiger partial charge in [0.05, 0.1) is 41.2 Å². The molecule has 0 aliphatic carbocycles. The summed E-state index contributed by atoms with van der Waals surface area (Å²) in [6.07, 6.45) is 3.29. The van der Waals surface area contributed by atoms with E-state index in [0.29, 0.717) is 33.8 Å². The normalized spacial score (nSPS) is 14.2. The average Bonchev–Trinajstić information content (AvgIpc) is 3.53. The monoisotopic (exact) mass is 502 g/mol. The number of benzene rings is 2. The van der Waals surface area contributed by atoms with Crippen molar-refractivity contribution in [2.45, 2.75) is 6.54 Å². The number of hydrogen-bond acceptors (Lipinski definition) is 8. The van der Waals surface area contributed by atoms with E-state index in [-0.39, 0.29) is 6.01 Å². The van der Waals surface area contributed by atoms with Gasteiger partial charge in [-0.15, -0.1) is 0 Å². The highest BCUT2D eigenvalue weighted by Gasteiger charge is 2.15. The summed E-state index contributed by atoms with van der Waals surface area (Å²) < 4.78 is 11.2. The lowest BCUT2D eigenvalue weighted by atomic mass is 10.2. The number of para-hydroxylation sites is 1. The van der Waals surface area contributed by atoms with Gasteiger partial charge in [-0.2, -0.15) is 10.1 Å². The number of nitrogens with one attached hydrogen (secondary N) is 3. The largest absolute Gasteiger partial charge is 0.423 e. The van der Waals surface area contributed by atoms with E-state index in [1.807, 2.05) is 18.2 Å². The SMILES string of the molecule is Clc1ccccc1Oc1nccc(Nc2cn[nH]c2-c2nc3ccc(CN4CCOCC4)cc3[nH]2)n1. The van der Waals surface area contributed by atoms with Gasteiger partial charge < -0.3 is 19.8 Å². The lowest BCUT2D eigenvalue weighted by Crippen LogP contribution is -2.35. The van der Waals surface area contributed by atoms with Crippen LogP contribution < -0.4 is 10.1 Å². The lowest BCUT2D eigenvalue weighted by Gasteiger charge is -2.26. The molecule has 36 heavy (non-hydrogen) atoms. The Morgan fingerprint density at radius 1 is 1.08 bits per heavy atom. The second-order valence-corrected chi connectivity index (χ2v) is 8.77. The predicted molar refractivity (Wildman–Crippen MR) is 137 cm³/mol. The Kier molecular flexibility index (Phi) is 6.20. The molecular formula is C25H23ClN8O2. The maximum absolute atomic E-state index is 6.18. The van der Waals surface area contributed by atoms with Gasteiger partial charge in [0.2, 0.25) is 0 Å². The predicted octanol–water partition coefficient (Wildman–Crippen LogP) is 4.76. The first-order valence-corrected chi connectivity index (χ1v) is 11.9. The molecule has 1 fully saturated rings. The summed E-state index contributed by atoms with van der Waals surface area (Å²) in [5.41, 5.74) is 4.51. The van der Waals surface area contributed by atoms with E-state index in [4.69, 9.17) is 26.1 Å². The van der Waals surface area contributed by atoms with Gasteiger partial charge in [-0.1, -0.05) is 29.8 Å². The Hall–Kier alpha value is -3.99. The number of aromatic amines is 2. The Labute approximate surface area is 211 Å². The van der Waals surface area contributed by atoms with Crippen molar-refractivity contribution in [1.29, 1.82) is 0 Å². The van der Waals surface area contributed by atoms with Crippen LogP contribution in [0.5, 0.6) is 11.8 Å². The molecule has 4 heterocycles. The van der Waals surface area contributed by atoms with Crippen LogP contribution in [-0.4, -0.2) is 61.3 Å². The summed E-state index contributed by atoms with van der Waals surface area (Å²) in [5, 5.41) is 11.0. The van der Waals surface area contributed by atoms with E-state index < -0.39 is 0 Å². The molecule has 0 radical (unpaired) electrons. The number of anilines is 2. The summed E-state index contributed by atoms with van der Waals surface area (Å²) in [4.78, 5) is 19.2. The van der Waals surface area contributed by atoms with Gasteiger partial charge >= 0.3 is 6.01 Å². The third-order valence-electron chi connectivity index (χ3n) is 5.87. The van der Waals surface area contributed by atoms with E-state index in [0.717, 1.165) is 43.9 Å². The second-order valence-electron chi connectivity index (χ2n) is 8.37. The molecule has 11 heteroatoms. The van der Waals surface area contributed by atoms with Crippen LogP contribution >= 0.6 is 11.6 Å². The summed E-state index contributed by atoms with van der Waals surface area (Å²) in [5.74, 6) is 1.70. The molecule has 1 aliphatic rings. The molecule has 0 bridgehead atoms. The summed E-state index contributed by atoms with van der Waals surface area (Å²) >= 11 is 6.18. The first kappa shape index (κ1) is 22.5. The van der Waals surface area contributed by atoms with Crippen molar-refractivity contribution >= 4 is 34.1 Å². The zero-order chi connectivity index (χ0) is 24.3. The van der Waals surface area contributed by atoms with E-state index in [9.17, 15) is 0 Å². The molecule has 3 aromatic heterocycles. The quantitative estimate of drug-likeness (QED) is 0.291. The molecule has 5 aromatic rings. The standard InChI is InChI=1S/C25H23ClN8O2/c26-17-3-1-2-4-21(17)36-25-27-8-7-22(32-25)29-20-14-28-33-23(20)24-30-18-6-5-16(13-19(18)31-24)15-34-9-11-35-12-10-34/h1-8,13-14H,9-12,15H2,(H,28,33)(H,30,31)(H,27,29,32). The highest BCUT2D eigenvalue weighted by atomic mass is 35.5. The van der Waals surface area contributed by atoms with Crippen LogP contribution in [0.3, 0.4) is 0 Å². The number of hydrogen-bond donors (Lipinski definition) is 3. The van der Waals surface area contributed by atoms with Crippen molar-refractivity contribution in [1.82, 2.24) is 35.0 Å². The summed E-state index contributed by atoms with van der Waals surface area (Å²) in [6, 6.07) is 15.4. The van der Waals surface area contributed by atoms with Crippen LogP contribution in [0.2, 0.25) is 5.02 Å². The molecule has 0 atom stereocenters. The zero-order valence-corrected chi connectivity index (χ0v) is 20.0. The minimum atomic E-state index is 0.176. The zero-order valence-electron chi connectivity index (χ0n) is 19.2. The van der Waals surface area contributed by atoms with Crippen molar-refractivity contribution in [3.63, 3.8) is 0 Å². The minimum absolute atomic E-state index is 0.176. The maximum Gasteiger partial charge on any atom is 0.323 e. The van der Waals surface area contributed by atoms with Gasteiger partial charge in [-0.3, -0.25) is 10.00 Å². The number of halogens is 1. The molecule has 1 aliphatic heterocycles. The number of morpholine rings is 1. The first-order chi connectivity index (χ1) is 17.7. The van der Waals surface area contributed by atoms with Crippen LogP contribution in [0.4, 0.5) is 11.5 Å². The van der Waals surface area contributed by atoms with Crippen LogP contribution in [0, 0.1) is 0 Å². The number of ether oxygens (including phenoxy) is 2. The highest BCUT2D eigenvalue weighted by molar-refractivity contribution is 6.32. The van der Waals surface area contributed by atoms with Gasteiger partial charge in [0.25, 0.3) is 0 Å². The van der Waals surface area contributed by atoms with Gasteiger partial charge in [-0.05, 0) is 35.9 Å². The van der Waals surface area contributed by atoms with Crippen LogP contribution in [0.25, 0.3) is 22.6 Å². The van der Waals surface area contributed by atoms with E-state index >= 15 is 0 Å². The van der Waals surface area contributed by atoms with Crippen molar-refractivity contribution in [2.24, 2.45) is 0 Å². The van der Waals surface area contributed by atoms with Crippen molar-refractivity contribution in [3.05, 3.63) is 71.5 Å². The topological polar surface area (TPSA) is 117 Å². The van der Waals surface area contributed by atoms with Crippen molar-refractivity contribution in [2.75, 3.05) is 31.6 Å². The molecule has 0 spiro atoms. The van der Waals surface area contributed by atoms with E-state index in [1.165, 1.54) is 5.56 Å². The fourth-order valence-electron chi connectivity index (χ4n) is 4.08. The van der Waals surface area contributed by atoms with E-state index in [2.05, 4.69) is 47.5 Å². The number of aromatic nitrogens is 6. The lowest BCUT2D eigenvalue weighted by molar-refractivity contribution is 0.0342. The van der Waals surface area contributed by atoms with Gasteiger partial charge in [-0.25, -0.2) is 9.97 Å². The Balaban J connectivity index is 1.21.